The number of fused-ring (bicyclic) bond motifs is 1. The van der Waals surface area contributed by atoms with Crippen LogP contribution in [0.3, 0.4) is 0 Å². The number of hydrogen-bond donors (Lipinski definition) is 1. The number of aryl methyl sites for hydroxylation is 3. The van der Waals surface area contributed by atoms with Crippen LogP contribution in [0.4, 0.5) is 5.69 Å². The van der Waals surface area contributed by atoms with Gasteiger partial charge in [0.2, 0.25) is 5.91 Å². The molecule has 1 N–H and O–H groups in total. The van der Waals surface area contributed by atoms with Gasteiger partial charge in [-0.3, -0.25) is 14.5 Å². The second kappa shape index (κ2) is 10.5. The lowest BCUT2D eigenvalue weighted by Gasteiger charge is -2.30. The molecule has 0 fully saturated rings. The van der Waals surface area contributed by atoms with Gasteiger partial charge in [-0.15, -0.1) is 5.10 Å². The molecule has 0 bridgehead atoms. The molecule has 0 radical (unpaired) electrons. The van der Waals surface area contributed by atoms with E-state index < -0.39 is 6.04 Å². The van der Waals surface area contributed by atoms with E-state index in [0.717, 1.165) is 16.6 Å². The molecular formula is C26H29N5O4. The van der Waals surface area contributed by atoms with E-state index in [2.05, 4.69) is 15.6 Å². The fraction of sp³-hybridized carbons (Fsp3) is 0.308. The van der Waals surface area contributed by atoms with Crippen molar-refractivity contribution in [2.24, 2.45) is 0 Å². The summed E-state index contributed by atoms with van der Waals surface area (Å²) in [5.41, 5.74) is 3.96. The number of nitrogens with zero attached hydrogens (tertiary/aromatic N) is 4. The minimum absolute atomic E-state index is 0.102. The van der Waals surface area contributed by atoms with Crippen LogP contribution in [-0.4, -0.2) is 47.1 Å². The average molecular weight is 476 g/mol. The molecule has 4 rings (SSSR count). The molecular weight excluding hydrogens is 446 g/mol. The second-order valence-corrected chi connectivity index (χ2v) is 8.48. The highest BCUT2D eigenvalue weighted by Gasteiger charge is 2.35. The Morgan fingerprint density at radius 1 is 1.09 bits per heavy atom. The van der Waals surface area contributed by atoms with Gasteiger partial charge in [0.25, 0.3) is 5.91 Å². The molecule has 4 aromatic rings. The molecule has 2 aromatic carbocycles. The van der Waals surface area contributed by atoms with Crippen LogP contribution in [0.1, 0.15) is 28.7 Å². The van der Waals surface area contributed by atoms with Crippen molar-refractivity contribution in [3.63, 3.8) is 0 Å². The molecule has 2 amide bonds. The first-order valence-corrected chi connectivity index (χ1v) is 11.4. The summed E-state index contributed by atoms with van der Waals surface area (Å²) in [7, 11) is 1.56. The SMILES string of the molecule is COCCNC(=O)[C@H](c1ccc(C)o1)N(C(=O)Cn1nnc2ccccc21)c1cc(C)cc(C)c1. The summed E-state index contributed by atoms with van der Waals surface area (Å²) >= 11 is 0. The normalized spacial score (nSPS) is 12.0. The number of anilines is 1. The molecule has 0 saturated heterocycles. The van der Waals surface area contributed by atoms with E-state index in [4.69, 9.17) is 9.15 Å². The van der Waals surface area contributed by atoms with Gasteiger partial charge in [-0.1, -0.05) is 23.4 Å². The Bertz CT molecular complexity index is 1320. The molecule has 0 aliphatic heterocycles. The van der Waals surface area contributed by atoms with Crippen molar-refractivity contribution in [2.45, 2.75) is 33.4 Å². The molecule has 0 unspecified atom stereocenters. The first-order chi connectivity index (χ1) is 16.9. The fourth-order valence-electron chi connectivity index (χ4n) is 4.11. The average Bonchev–Trinajstić information content (AvgIpc) is 3.43. The minimum Gasteiger partial charge on any atom is -0.464 e. The molecule has 2 heterocycles. The van der Waals surface area contributed by atoms with Gasteiger partial charge in [0.05, 0.1) is 12.1 Å². The Morgan fingerprint density at radius 2 is 1.83 bits per heavy atom. The van der Waals surface area contributed by atoms with Crippen molar-refractivity contribution in [1.29, 1.82) is 0 Å². The zero-order valence-corrected chi connectivity index (χ0v) is 20.3. The quantitative estimate of drug-likeness (QED) is 0.372. The second-order valence-electron chi connectivity index (χ2n) is 8.48. The Hall–Kier alpha value is -3.98. The summed E-state index contributed by atoms with van der Waals surface area (Å²) in [5.74, 6) is 0.317. The maximum absolute atomic E-state index is 13.9. The third-order valence-corrected chi connectivity index (χ3v) is 5.60. The maximum Gasteiger partial charge on any atom is 0.251 e. The number of amides is 2. The fourth-order valence-corrected chi connectivity index (χ4v) is 4.11. The zero-order valence-electron chi connectivity index (χ0n) is 20.3. The Kier molecular flexibility index (Phi) is 7.26. The number of methoxy groups -OCH3 is 1. The van der Waals surface area contributed by atoms with Gasteiger partial charge in [-0.2, -0.15) is 0 Å². The van der Waals surface area contributed by atoms with Gasteiger partial charge in [0.1, 0.15) is 23.6 Å². The molecule has 2 aromatic heterocycles. The van der Waals surface area contributed by atoms with Crippen LogP contribution >= 0.6 is 0 Å². The van der Waals surface area contributed by atoms with Crippen molar-refractivity contribution in [1.82, 2.24) is 20.3 Å². The van der Waals surface area contributed by atoms with Crippen LogP contribution in [0.2, 0.25) is 0 Å². The number of hydrogen-bond acceptors (Lipinski definition) is 6. The van der Waals surface area contributed by atoms with E-state index >= 15 is 0 Å². The molecule has 35 heavy (non-hydrogen) atoms. The number of carbonyl (C=O) groups excluding carboxylic acids is 2. The van der Waals surface area contributed by atoms with Crippen LogP contribution < -0.4 is 10.2 Å². The van der Waals surface area contributed by atoms with Crippen LogP contribution in [0, 0.1) is 20.8 Å². The molecule has 0 aliphatic rings. The Labute approximate surface area is 203 Å². The Morgan fingerprint density at radius 3 is 2.51 bits per heavy atom. The number of furan rings is 1. The highest BCUT2D eigenvalue weighted by molar-refractivity contribution is 6.01. The van der Waals surface area contributed by atoms with E-state index in [1.54, 1.807) is 30.8 Å². The number of ether oxygens (including phenoxy) is 1. The van der Waals surface area contributed by atoms with Crippen LogP contribution in [0.25, 0.3) is 11.0 Å². The van der Waals surface area contributed by atoms with Crippen LogP contribution in [0.5, 0.6) is 0 Å². The number of nitrogens with one attached hydrogen (secondary N) is 1. The number of para-hydroxylation sites is 1. The van der Waals surface area contributed by atoms with Crippen molar-refractivity contribution in [3.8, 4) is 0 Å². The first-order valence-electron chi connectivity index (χ1n) is 11.4. The molecule has 9 nitrogen and oxygen atoms in total. The third kappa shape index (κ3) is 5.41. The highest BCUT2D eigenvalue weighted by atomic mass is 16.5. The molecule has 182 valence electrons. The zero-order chi connectivity index (χ0) is 24.9. The lowest BCUT2D eigenvalue weighted by Crippen LogP contribution is -2.45. The monoisotopic (exact) mass is 475 g/mol. The standard InChI is InChI=1S/C26H29N5O4/c1-17-13-18(2)15-20(14-17)31(24(32)16-30-22-8-6-5-7-21(22)28-29-30)25(23-10-9-19(3)35-23)26(33)27-11-12-34-4/h5-10,13-15,25H,11-12,16H2,1-4H3,(H,27,33)/t25-/m0/s1. The third-order valence-electron chi connectivity index (χ3n) is 5.60. The van der Waals surface area contributed by atoms with E-state index in [-0.39, 0.29) is 18.4 Å². The summed E-state index contributed by atoms with van der Waals surface area (Å²) in [5, 5.41) is 11.2. The number of aromatic nitrogens is 3. The van der Waals surface area contributed by atoms with Crippen LogP contribution in [0.15, 0.2) is 59.0 Å². The Balaban J connectivity index is 1.79. The van der Waals surface area contributed by atoms with Gasteiger partial charge in [-0.05, 0) is 68.3 Å². The summed E-state index contributed by atoms with van der Waals surface area (Å²) < 4.78 is 12.5. The van der Waals surface area contributed by atoms with Crippen molar-refractivity contribution >= 4 is 28.5 Å². The largest absolute Gasteiger partial charge is 0.464 e. The van der Waals surface area contributed by atoms with Crippen molar-refractivity contribution < 1.29 is 18.7 Å². The van der Waals surface area contributed by atoms with E-state index in [9.17, 15) is 9.59 Å². The molecule has 1 atom stereocenters. The highest BCUT2D eigenvalue weighted by Crippen LogP contribution is 2.31. The summed E-state index contributed by atoms with van der Waals surface area (Å²) in [6.45, 7) is 6.25. The maximum atomic E-state index is 13.9. The van der Waals surface area contributed by atoms with Crippen molar-refractivity contribution in [2.75, 3.05) is 25.2 Å². The summed E-state index contributed by atoms with van der Waals surface area (Å²) in [6, 6.07) is 15.7. The summed E-state index contributed by atoms with van der Waals surface area (Å²) in [6.07, 6.45) is 0. The van der Waals surface area contributed by atoms with Crippen molar-refractivity contribution in [3.05, 3.63) is 77.2 Å². The van der Waals surface area contributed by atoms with Gasteiger partial charge in [0, 0.05) is 19.3 Å². The van der Waals surface area contributed by atoms with Gasteiger partial charge >= 0.3 is 0 Å². The number of rotatable bonds is 9. The van der Waals surface area contributed by atoms with Gasteiger partial charge < -0.3 is 14.5 Å². The molecule has 0 aliphatic carbocycles. The van der Waals surface area contributed by atoms with E-state index in [1.165, 1.54) is 4.90 Å². The molecule has 0 saturated carbocycles. The topological polar surface area (TPSA) is 102 Å². The lowest BCUT2D eigenvalue weighted by atomic mass is 10.1. The predicted molar refractivity (Wildman–Crippen MR) is 132 cm³/mol. The lowest BCUT2D eigenvalue weighted by molar-refractivity contribution is -0.127. The number of benzene rings is 2. The summed E-state index contributed by atoms with van der Waals surface area (Å²) in [4.78, 5) is 28.9. The first kappa shape index (κ1) is 24.2. The minimum atomic E-state index is -1.02. The smallest absolute Gasteiger partial charge is 0.251 e. The molecule has 9 heteroatoms. The van der Waals surface area contributed by atoms with Crippen LogP contribution in [-0.2, 0) is 20.9 Å². The van der Waals surface area contributed by atoms with Gasteiger partial charge in [-0.25, -0.2) is 4.68 Å². The van der Waals surface area contributed by atoms with E-state index in [0.29, 0.717) is 35.9 Å². The number of carbonyl (C=O) groups is 2. The van der Waals surface area contributed by atoms with Gasteiger partial charge in [0.15, 0.2) is 6.04 Å². The van der Waals surface area contributed by atoms with E-state index in [1.807, 2.05) is 56.3 Å². The predicted octanol–water partition coefficient (Wildman–Crippen LogP) is 3.49. The molecule has 0 spiro atoms.